The Hall–Kier alpha value is -1.85. The minimum atomic E-state index is -0.576. The highest BCUT2D eigenvalue weighted by molar-refractivity contribution is 5.76. The van der Waals surface area contributed by atoms with Crippen molar-refractivity contribution in [3.63, 3.8) is 0 Å². The quantitative estimate of drug-likeness (QED) is 0.492. The van der Waals surface area contributed by atoms with Crippen LogP contribution in [-0.4, -0.2) is 9.91 Å². The van der Waals surface area contributed by atoms with E-state index in [2.05, 4.69) is 4.98 Å². The number of aryl methyl sites for hydroxylation is 2. The second-order valence-corrected chi connectivity index (χ2v) is 2.72. The van der Waals surface area contributed by atoms with Crippen LogP contribution in [0.15, 0.2) is 0 Å². The second-order valence-electron chi connectivity index (χ2n) is 2.72. The Morgan fingerprint density at radius 2 is 1.77 bits per heavy atom. The molecule has 0 atom stereocenters. The first kappa shape index (κ1) is 9.24. The maximum atomic E-state index is 10.5. The Morgan fingerprint density at radius 1 is 1.23 bits per heavy atom. The van der Waals surface area contributed by atoms with E-state index in [0.29, 0.717) is 5.69 Å². The van der Waals surface area contributed by atoms with Crippen molar-refractivity contribution in [3.05, 3.63) is 21.5 Å². The molecule has 13 heavy (non-hydrogen) atoms. The Morgan fingerprint density at radius 3 is 2.23 bits per heavy atom. The standard InChI is InChI=1S/C7H10N4O2/c1-3-5(8)6(9)7(11(12)13)4(2)10-3/h8H2,1-2H3,(H2,9,10). The van der Waals surface area contributed by atoms with Crippen molar-refractivity contribution in [2.75, 3.05) is 11.5 Å². The lowest BCUT2D eigenvalue weighted by atomic mass is 10.2. The van der Waals surface area contributed by atoms with Crippen molar-refractivity contribution in [2.24, 2.45) is 0 Å². The van der Waals surface area contributed by atoms with Crippen LogP contribution in [0.1, 0.15) is 11.4 Å². The van der Waals surface area contributed by atoms with E-state index in [4.69, 9.17) is 11.5 Å². The van der Waals surface area contributed by atoms with E-state index < -0.39 is 4.92 Å². The molecule has 0 aliphatic rings. The molecule has 1 aromatic heterocycles. The molecule has 6 nitrogen and oxygen atoms in total. The number of rotatable bonds is 1. The molecule has 0 amide bonds. The molecule has 0 aliphatic carbocycles. The van der Waals surface area contributed by atoms with Gasteiger partial charge in [0.1, 0.15) is 11.4 Å². The summed E-state index contributed by atoms with van der Waals surface area (Å²) in [6, 6.07) is 0. The molecule has 0 spiro atoms. The molecule has 1 rings (SSSR count). The summed E-state index contributed by atoms with van der Waals surface area (Å²) >= 11 is 0. The summed E-state index contributed by atoms with van der Waals surface area (Å²) in [5, 5.41) is 10.5. The topological polar surface area (TPSA) is 108 Å². The number of nitro groups is 1. The van der Waals surface area contributed by atoms with Gasteiger partial charge in [0.15, 0.2) is 0 Å². The molecule has 1 aromatic rings. The predicted molar refractivity (Wildman–Crippen MR) is 49.2 cm³/mol. The fourth-order valence-corrected chi connectivity index (χ4v) is 1.11. The maximum Gasteiger partial charge on any atom is 0.315 e. The van der Waals surface area contributed by atoms with Crippen molar-refractivity contribution in [2.45, 2.75) is 13.8 Å². The van der Waals surface area contributed by atoms with Gasteiger partial charge in [0, 0.05) is 0 Å². The van der Waals surface area contributed by atoms with E-state index in [9.17, 15) is 10.1 Å². The normalized spacial score (nSPS) is 10.0. The van der Waals surface area contributed by atoms with Crippen molar-refractivity contribution in [1.82, 2.24) is 4.98 Å². The van der Waals surface area contributed by atoms with Crippen molar-refractivity contribution in [3.8, 4) is 0 Å². The van der Waals surface area contributed by atoms with Gasteiger partial charge in [-0.2, -0.15) is 0 Å². The maximum absolute atomic E-state index is 10.5. The highest BCUT2D eigenvalue weighted by atomic mass is 16.6. The molecule has 0 saturated heterocycles. The number of nitrogens with zero attached hydrogens (tertiary/aromatic N) is 2. The van der Waals surface area contributed by atoms with Crippen LogP contribution in [0.2, 0.25) is 0 Å². The highest BCUT2D eigenvalue weighted by Crippen LogP contribution is 2.30. The van der Waals surface area contributed by atoms with Crippen LogP contribution in [0.5, 0.6) is 0 Å². The van der Waals surface area contributed by atoms with E-state index in [0.717, 1.165) is 0 Å². The molecule has 0 aromatic carbocycles. The van der Waals surface area contributed by atoms with Gasteiger partial charge in [-0.25, -0.2) is 4.98 Å². The number of aromatic nitrogens is 1. The van der Waals surface area contributed by atoms with Crippen LogP contribution in [-0.2, 0) is 0 Å². The van der Waals surface area contributed by atoms with Crippen LogP contribution >= 0.6 is 0 Å². The Kier molecular flexibility index (Phi) is 2.05. The summed E-state index contributed by atoms with van der Waals surface area (Å²) in [6.07, 6.45) is 0. The molecule has 0 bridgehead atoms. The molecular formula is C7H10N4O2. The Labute approximate surface area is 74.7 Å². The number of pyridine rings is 1. The third kappa shape index (κ3) is 1.37. The molecule has 6 heteroatoms. The summed E-state index contributed by atoms with van der Waals surface area (Å²) in [4.78, 5) is 13.9. The van der Waals surface area contributed by atoms with Gasteiger partial charge in [0.2, 0.25) is 0 Å². The average Bonchev–Trinajstić information content (AvgIpc) is 1.99. The first-order chi connectivity index (χ1) is 5.95. The minimum Gasteiger partial charge on any atom is -0.395 e. The van der Waals surface area contributed by atoms with Crippen LogP contribution in [0.3, 0.4) is 0 Å². The van der Waals surface area contributed by atoms with Crippen LogP contribution < -0.4 is 11.5 Å². The van der Waals surface area contributed by atoms with Crippen LogP contribution in [0.4, 0.5) is 17.1 Å². The lowest BCUT2D eigenvalue weighted by Crippen LogP contribution is -2.06. The van der Waals surface area contributed by atoms with E-state index in [1.165, 1.54) is 6.92 Å². The molecule has 0 fully saturated rings. The van der Waals surface area contributed by atoms with E-state index in [-0.39, 0.29) is 22.8 Å². The van der Waals surface area contributed by atoms with Gasteiger partial charge in [-0.15, -0.1) is 0 Å². The molecule has 0 unspecified atom stereocenters. The fraction of sp³-hybridized carbons (Fsp3) is 0.286. The largest absolute Gasteiger partial charge is 0.395 e. The first-order valence-corrected chi connectivity index (χ1v) is 3.61. The van der Waals surface area contributed by atoms with E-state index in [1.54, 1.807) is 6.92 Å². The minimum absolute atomic E-state index is 0.00463. The smallest absolute Gasteiger partial charge is 0.315 e. The number of hydrogen-bond acceptors (Lipinski definition) is 5. The van der Waals surface area contributed by atoms with Gasteiger partial charge < -0.3 is 11.5 Å². The van der Waals surface area contributed by atoms with Gasteiger partial charge in [0.05, 0.1) is 16.3 Å². The first-order valence-electron chi connectivity index (χ1n) is 3.61. The van der Waals surface area contributed by atoms with E-state index in [1.807, 2.05) is 0 Å². The van der Waals surface area contributed by atoms with Crippen LogP contribution in [0.25, 0.3) is 0 Å². The molecule has 4 N–H and O–H groups in total. The van der Waals surface area contributed by atoms with Crippen molar-refractivity contribution in [1.29, 1.82) is 0 Å². The zero-order valence-corrected chi connectivity index (χ0v) is 7.37. The third-order valence-corrected chi connectivity index (χ3v) is 1.80. The molecule has 0 radical (unpaired) electrons. The van der Waals surface area contributed by atoms with Gasteiger partial charge >= 0.3 is 5.69 Å². The van der Waals surface area contributed by atoms with Crippen molar-refractivity contribution >= 4 is 17.1 Å². The molecule has 1 heterocycles. The lowest BCUT2D eigenvalue weighted by molar-refractivity contribution is -0.384. The summed E-state index contributed by atoms with van der Waals surface area (Å²) < 4.78 is 0. The number of anilines is 2. The third-order valence-electron chi connectivity index (χ3n) is 1.80. The summed E-state index contributed by atoms with van der Waals surface area (Å²) in [5.74, 6) is 0. The zero-order valence-electron chi connectivity index (χ0n) is 7.37. The fourth-order valence-electron chi connectivity index (χ4n) is 1.11. The zero-order chi connectivity index (χ0) is 10.2. The predicted octanol–water partition coefficient (Wildman–Crippen LogP) is 0.771. The average molecular weight is 182 g/mol. The molecular weight excluding hydrogens is 172 g/mol. The number of hydrogen-bond donors (Lipinski definition) is 2. The van der Waals surface area contributed by atoms with Gasteiger partial charge in [-0.1, -0.05) is 0 Å². The van der Waals surface area contributed by atoms with Gasteiger partial charge in [0.25, 0.3) is 0 Å². The summed E-state index contributed by atoms with van der Waals surface area (Å²) in [5.41, 5.74) is 11.7. The Balaban J connectivity index is 3.53. The molecule has 0 aliphatic heterocycles. The number of nitrogens with two attached hydrogens (primary N) is 2. The second kappa shape index (κ2) is 2.89. The molecule has 70 valence electrons. The van der Waals surface area contributed by atoms with Gasteiger partial charge in [-0.3, -0.25) is 10.1 Å². The van der Waals surface area contributed by atoms with Crippen LogP contribution in [0, 0.1) is 24.0 Å². The highest BCUT2D eigenvalue weighted by Gasteiger charge is 2.20. The monoisotopic (exact) mass is 182 g/mol. The van der Waals surface area contributed by atoms with E-state index >= 15 is 0 Å². The number of nitrogen functional groups attached to an aromatic ring is 2. The molecule has 0 saturated carbocycles. The van der Waals surface area contributed by atoms with Gasteiger partial charge in [-0.05, 0) is 13.8 Å². The SMILES string of the molecule is Cc1nc(C)c([N+](=O)[O-])c(N)c1N. The van der Waals surface area contributed by atoms with Crippen molar-refractivity contribution < 1.29 is 4.92 Å². The Bertz CT molecular complexity index is 375. The summed E-state index contributed by atoms with van der Waals surface area (Å²) in [6.45, 7) is 3.18. The lowest BCUT2D eigenvalue weighted by Gasteiger charge is -2.05. The summed E-state index contributed by atoms with van der Waals surface area (Å²) in [7, 11) is 0.